The molecule has 0 unspecified atom stereocenters. The summed E-state index contributed by atoms with van der Waals surface area (Å²) in [5.41, 5.74) is 2.81. The summed E-state index contributed by atoms with van der Waals surface area (Å²) in [6.45, 7) is 0.973. The molecule has 31 heavy (non-hydrogen) atoms. The molecule has 1 aliphatic heterocycles. The number of halogens is 1. The van der Waals surface area contributed by atoms with Gasteiger partial charge < -0.3 is 5.32 Å². The van der Waals surface area contributed by atoms with Crippen molar-refractivity contribution in [2.75, 3.05) is 11.9 Å². The van der Waals surface area contributed by atoms with Crippen molar-refractivity contribution >= 4 is 34.9 Å². The van der Waals surface area contributed by atoms with Crippen LogP contribution in [0.25, 0.3) is 0 Å². The van der Waals surface area contributed by atoms with Crippen LogP contribution >= 0.6 is 11.6 Å². The summed E-state index contributed by atoms with van der Waals surface area (Å²) in [5.74, 6) is 0.148. The summed E-state index contributed by atoms with van der Waals surface area (Å²) in [6, 6.07) is 19.0. The highest BCUT2D eigenvalue weighted by Crippen LogP contribution is 2.19. The van der Waals surface area contributed by atoms with E-state index in [0.29, 0.717) is 30.4 Å². The van der Waals surface area contributed by atoms with Gasteiger partial charge in [0.15, 0.2) is 0 Å². The van der Waals surface area contributed by atoms with Crippen LogP contribution in [0.4, 0.5) is 5.82 Å². The monoisotopic (exact) mass is 435 g/mol. The number of nitrogens with one attached hydrogen (secondary N) is 1. The van der Waals surface area contributed by atoms with E-state index in [-0.39, 0.29) is 24.7 Å². The zero-order chi connectivity index (χ0) is 21.6. The molecule has 4 rings (SSSR count). The quantitative estimate of drug-likeness (QED) is 0.610. The van der Waals surface area contributed by atoms with Crippen LogP contribution in [0.15, 0.2) is 72.0 Å². The third-order valence-electron chi connectivity index (χ3n) is 5.02. The first-order valence-corrected chi connectivity index (χ1v) is 10.5. The lowest BCUT2D eigenvalue weighted by molar-refractivity contribution is -0.132. The zero-order valence-electron chi connectivity index (χ0n) is 16.9. The molecule has 3 aromatic rings. The fourth-order valence-electron chi connectivity index (χ4n) is 3.38. The second kappa shape index (κ2) is 9.57. The van der Waals surface area contributed by atoms with E-state index in [9.17, 15) is 9.59 Å². The van der Waals surface area contributed by atoms with E-state index in [1.165, 1.54) is 5.01 Å². The van der Waals surface area contributed by atoms with Gasteiger partial charge in [0.25, 0.3) is 0 Å². The van der Waals surface area contributed by atoms with Crippen LogP contribution in [-0.2, 0) is 16.1 Å². The summed E-state index contributed by atoms with van der Waals surface area (Å²) in [5, 5.41) is 13.6. The Morgan fingerprint density at radius 3 is 2.58 bits per heavy atom. The van der Waals surface area contributed by atoms with Crippen LogP contribution in [0, 0.1) is 0 Å². The first-order chi connectivity index (χ1) is 15.1. The van der Waals surface area contributed by atoms with Crippen LogP contribution in [0.5, 0.6) is 0 Å². The smallest absolute Gasteiger partial charge is 0.243 e. The van der Waals surface area contributed by atoms with E-state index < -0.39 is 0 Å². The third kappa shape index (κ3) is 5.19. The van der Waals surface area contributed by atoms with Gasteiger partial charge in [0.1, 0.15) is 5.82 Å². The Kier molecular flexibility index (Phi) is 6.43. The van der Waals surface area contributed by atoms with Crippen molar-refractivity contribution in [1.29, 1.82) is 0 Å². The molecule has 0 aliphatic carbocycles. The zero-order valence-corrected chi connectivity index (χ0v) is 17.6. The third-order valence-corrected chi connectivity index (χ3v) is 5.39. The molecular weight excluding hydrogens is 414 g/mol. The Labute approximate surface area is 185 Å². The Bertz CT molecular complexity index is 1110. The fraction of sp³-hybridized carbons (Fsp3) is 0.217. The number of carbonyl (C=O) groups excluding carboxylic acids is 2. The molecule has 0 saturated carbocycles. The number of nitrogens with zero attached hydrogens (tertiary/aromatic N) is 4. The Morgan fingerprint density at radius 1 is 1.00 bits per heavy atom. The van der Waals surface area contributed by atoms with Crippen LogP contribution in [-0.4, -0.2) is 38.9 Å². The SMILES string of the molecule is O=C(CCC(=O)N1CCC(c2ccccc2)=N1)Nc1ccnn1Cc1ccccc1Cl. The molecule has 2 aromatic carbocycles. The molecule has 1 aliphatic rings. The van der Waals surface area contributed by atoms with Crippen molar-refractivity contribution in [2.24, 2.45) is 5.10 Å². The molecule has 8 heteroatoms. The van der Waals surface area contributed by atoms with E-state index in [0.717, 1.165) is 16.8 Å². The van der Waals surface area contributed by atoms with Gasteiger partial charge in [0.05, 0.1) is 25.0 Å². The van der Waals surface area contributed by atoms with Crippen LogP contribution in [0.1, 0.15) is 30.4 Å². The standard InChI is InChI=1S/C23H22ClN5O2/c24-19-9-5-4-8-18(19)16-29-21(12-14-25-29)26-22(30)10-11-23(31)28-15-13-20(27-28)17-6-2-1-3-7-17/h1-9,12,14H,10-11,13,15-16H2,(H,26,30). The van der Waals surface area contributed by atoms with Gasteiger partial charge in [-0.3, -0.25) is 9.59 Å². The normalized spacial score (nSPS) is 13.2. The van der Waals surface area contributed by atoms with E-state index >= 15 is 0 Å². The molecule has 7 nitrogen and oxygen atoms in total. The number of rotatable bonds is 7. The van der Waals surface area contributed by atoms with Crippen LogP contribution < -0.4 is 5.32 Å². The van der Waals surface area contributed by atoms with Gasteiger partial charge >= 0.3 is 0 Å². The van der Waals surface area contributed by atoms with Gasteiger partial charge in [-0.15, -0.1) is 0 Å². The average molecular weight is 436 g/mol. The minimum Gasteiger partial charge on any atom is -0.311 e. The number of hydrogen-bond donors (Lipinski definition) is 1. The van der Waals surface area contributed by atoms with Gasteiger partial charge in [0, 0.05) is 30.4 Å². The van der Waals surface area contributed by atoms with E-state index in [4.69, 9.17) is 11.6 Å². The van der Waals surface area contributed by atoms with Crippen molar-refractivity contribution in [1.82, 2.24) is 14.8 Å². The molecule has 0 fully saturated rings. The molecule has 0 saturated heterocycles. The molecule has 0 bridgehead atoms. The highest BCUT2D eigenvalue weighted by Gasteiger charge is 2.22. The van der Waals surface area contributed by atoms with E-state index in [1.54, 1.807) is 16.9 Å². The molecular formula is C23H22ClN5O2. The van der Waals surface area contributed by atoms with Crippen molar-refractivity contribution in [2.45, 2.75) is 25.8 Å². The summed E-state index contributed by atoms with van der Waals surface area (Å²) in [4.78, 5) is 24.9. The highest BCUT2D eigenvalue weighted by atomic mass is 35.5. The Morgan fingerprint density at radius 2 is 1.77 bits per heavy atom. The largest absolute Gasteiger partial charge is 0.311 e. The molecule has 1 N–H and O–H groups in total. The van der Waals surface area contributed by atoms with E-state index in [1.807, 2.05) is 54.6 Å². The summed E-state index contributed by atoms with van der Waals surface area (Å²) >= 11 is 6.21. The maximum Gasteiger partial charge on any atom is 0.243 e. The highest BCUT2D eigenvalue weighted by molar-refractivity contribution is 6.31. The number of carbonyl (C=O) groups is 2. The second-order valence-electron chi connectivity index (χ2n) is 7.19. The number of hydrogen-bond acceptors (Lipinski definition) is 4. The van der Waals surface area contributed by atoms with Gasteiger partial charge in [-0.25, -0.2) is 9.69 Å². The Hall–Kier alpha value is -3.45. The van der Waals surface area contributed by atoms with Crippen LogP contribution in [0.2, 0.25) is 5.02 Å². The molecule has 0 atom stereocenters. The molecule has 0 spiro atoms. The van der Waals surface area contributed by atoms with Gasteiger partial charge in [-0.05, 0) is 17.2 Å². The number of hydrazone groups is 1. The number of anilines is 1. The predicted octanol–water partition coefficient (Wildman–Crippen LogP) is 3.94. The Balaban J connectivity index is 1.30. The molecule has 1 aromatic heterocycles. The first kappa shape index (κ1) is 20.8. The second-order valence-corrected chi connectivity index (χ2v) is 7.60. The lowest BCUT2D eigenvalue weighted by Gasteiger charge is -2.12. The van der Waals surface area contributed by atoms with Crippen molar-refractivity contribution in [3.8, 4) is 0 Å². The lowest BCUT2D eigenvalue weighted by Crippen LogP contribution is -2.25. The minimum absolute atomic E-state index is 0.0722. The summed E-state index contributed by atoms with van der Waals surface area (Å²) < 4.78 is 1.66. The summed E-state index contributed by atoms with van der Waals surface area (Å²) in [7, 11) is 0. The predicted molar refractivity (Wildman–Crippen MR) is 120 cm³/mol. The molecule has 2 amide bonds. The number of aromatic nitrogens is 2. The maximum absolute atomic E-state index is 12.5. The summed E-state index contributed by atoms with van der Waals surface area (Å²) in [6.07, 6.45) is 2.49. The first-order valence-electron chi connectivity index (χ1n) is 10.1. The fourth-order valence-corrected chi connectivity index (χ4v) is 3.57. The average Bonchev–Trinajstić information content (AvgIpc) is 3.44. The van der Waals surface area contributed by atoms with Gasteiger partial charge in [-0.2, -0.15) is 10.2 Å². The topological polar surface area (TPSA) is 79.6 Å². The van der Waals surface area contributed by atoms with Crippen molar-refractivity contribution in [3.05, 3.63) is 83.0 Å². The van der Waals surface area contributed by atoms with Crippen LogP contribution in [0.3, 0.4) is 0 Å². The molecule has 158 valence electrons. The van der Waals surface area contributed by atoms with Gasteiger partial charge in [0.2, 0.25) is 11.8 Å². The van der Waals surface area contributed by atoms with Crippen molar-refractivity contribution in [3.63, 3.8) is 0 Å². The van der Waals surface area contributed by atoms with E-state index in [2.05, 4.69) is 15.5 Å². The molecule has 0 radical (unpaired) electrons. The van der Waals surface area contributed by atoms with Crippen molar-refractivity contribution < 1.29 is 9.59 Å². The van der Waals surface area contributed by atoms with Gasteiger partial charge in [-0.1, -0.05) is 60.1 Å². The maximum atomic E-state index is 12.5. The molecule has 2 heterocycles. The number of amides is 2. The number of benzene rings is 2. The minimum atomic E-state index is -0.249. The lowest BCUT2D eigenvalue weighted by atomic mass is 10.1.